The van der Waals surface area contributed by atoms with Gasteiger partial charge in [0, 0.05) is 16.5 Å². The van der Waals surface area contributed by atoms with E-state index in [1.165, 1.54) is 0 Å². The van der Waals surface area contributed by atoms with E-state index in [0.29, 0.717) is 16.8 Å². The van der Waals surface area contributed by atoms with E-state index in [9.17, 15) is 0 Å². The summed E-state index contributed by atoms with van der Waals surface area (Å²) in [5, 5.41) is 8.09. The molecule has 0 saturated carbocycles. The van der Waals surface area contributed by atoms with Crippen LogP contribution >= 0.6 is 11.6 Å². The summed E-state index contributed by atoms with van der Waals surface area (Å²) in [7, 11) is 0. The number of rotatable bonds is 2. The Kier molecular flexibility index (Phi) is 3.30. The van der Waals surface area contributed by atoms with Crippen molar-refractivity contribution >= 4 is 11.6 Å². The van der Waals surface area contributed by atoms with Gasteiger partial charge in [0.2, 0.25) is 0 Å². The van der Waals surface area contributed by atoms with Crippen LogP contribution in [0.5, 0.6) is 0 Å². The summed E-state index contributed by atoms with van der Waals surface area (Å²) in [5.41, 5.74) is 0.871. The zero-order chi connectivity index (χ0) is 12.4. The molecule has 4 nitrogen and oxygen atoms in total. The number of aromatic nitrogens is 2. The van der Waals surface area contributed by atoms with Crippen molar-refractivity contribution < 1.29 is 4.52 Å². The second-order valence-corrected chi connectivity index (χ2v) is 4.93. The first-order valence-electron chi connectivity index (χ1n) is 6.13. The quantitative estimate of drug-likeness (QED) is 0.905. The van der Waals surface area contributed by atoms with Gasteiger partial charge >= 0.3 is 0 Å². The third kappa shape index (κ3) is 2.40. The van der Waals surface area contributed by atoms with E-state index >= 15 is 0 Å². The Morgan fingerprint density at radius 3 is 2.89 bits per heavy atom. The molecule has 1 aliphatic rings. The number of halogens is 1. The van der Waals surface area contributed by atoms with Crippen LogP contribution in [0.3, 0.4) is 0 Å². The summed E-state index contributed by atoms with van der Waals surface area (Å²) < 4.78 is 5.32. The van der Waals surface area contributed by atoms with Crippen LogP contribution in [0.1, 0.15) is 24.6 Å². The Balaban J connectivity index is 1.84. The molecule has 1 aliphatic heterocycles. The Morgan fingerprint density at radius 1 is 1.28 bits per heavy atom. The second-order valence-electron chi connectivity index (χ2n) is 4.49. The number of nitrogens with zero attached hydrogens (tertiary/aromatic N) is 2. The van der Waals surface area contributed by atoms with Gasteiger partial charge in [-0.1, -0.05) is 22.8 Å². The molecule has 0 unspecified atom stereocenters. The van der Waals surface area contributed by atoms with Gasteiger partial charge < -0.3 is 9.84 Å². The van der Waals surface area contributed by atoms with E-state index in [-0.39, 0.29) is 0 Å². The summed E-state index contributed by atoms with van der Waals surface area (Å²) in [4.78, 5) is 4.48. The molecule has 1 aromatic heterocycles. The lowest BCUT2D eigenvalue weighted by molar-refractivity contribution is 0.392. The molecular formula is C13H14ClN3O. The number of hydrogen-bond acceptors (Lipinski definition) is 4. The van der Waals surface area contributed by atoms with Crippen LogP contribution in [-0.4, -0.2) is 23.2 Å². The number of piperidine rings is 1. The fourth-order valence-corrected chi connectivity index (χ4v) is 2.41. The van der Waals surface area contributed by atoms with Crippen LogP contribution in [0.15, 0.2) is 28.8 Å². The minimum absolute atomic E-state index is 0.405. The summed E-state index contributed by atoms with van der Waals surface area (Å²) >= 11 is 5.95. The number of nitrogens with one attached hydrogen (secondary N) is 1. The predicted octanol–water partition coefficient (Wildman–Crippen LogP) is 2.86. The molecule has 2 heterocycles. The lowest BCUT2D eigenvalue weighted by Gasteiger charge is -2.18. The largest absolute Gasteiger partial charge is 0.334 e. The monoisotopic (exact) mass is 263 g/mol. The zero-order valence-electron chi connectivity index (χ0n) is 9.90. The van der Waals surface area contributed by atoms with Gasteiger partial charge in [-0.25, -0.2) is 0 Å². The maximum absolute atomic E-state index is 5.95. The normalized spacial score (nSPS) is 16.9. The minimum atomic E-state index is 0.405. The third-order valence-corrected chi connectivity index (χ3v) is 3.45. The summed E-state index contributed by atoms with van der Waals surface area (Å²) in [6.45, 7) is 2.04. The highest BCUT2D eigenvalue weighted by atomic mass is 35.5. The maximum Gasteiger partial charge on any atom is 0.257 e. The van der Waals surface area contributed by atoms with Crippen molar-refractivity contribution in [1.29, 1.82) is 0 Å². The van der Waals surface area contributed by atoms with Gasteiger partial charge in [-0.05, 0) is 44.1 Å². The maximum atomic E-state index is 5.95. The van der Waals surface area contributed by atoms with E-state index in [4.69, 9.17) is 16.1 Å². The van der Waals surface area contributed by atoms with E-state index in [1.807, 2.05) is 24.3 Å². The van der Waals surface area contributed by atoms with Crippen molar-refractivity contribution in [2.24, 2.45) is 0 Å². The van der Waals surface area contributed by atoms with E-state index in [0.717, 1.165) is 37.3 Å². The van der Waals surface area contributed by atoms with Crippen molar-refractivity contribution in [2.45, 2.75) is 18.8 Å². The van der Waals surface area contributed by atoms with E-state index in [2.05, 4.69) is 15.5 Å². The Morgan fingerprint density at radius 2 is 2.11 bits per heavy atom. The highest BCUT2D eigenvalue weighted by molar-refractivity contribution is 6.30. The molecule has 0 spiro atoms. The molecule has 0 amide bonds. The molecule has 3 rings (SSSR count). The average Bonchev–Trinajstić information content (AvgIpc) is 2.89. The lowest BCUT2D eigenvalue weighted by atomic mass is 9.98. The van der Waals surface area contributed by atoms with Crippen molar-refractivity contribution in [2.75, 3.05) is 13.1 Å². The number of hydrogen-bond donors (Lipinski definition) is 1. The first-order valence-corrected chi connectivity index (χ1v) is 6.51. The van der Waals surface area contributed by atoms with Crippen LogP contribution in [0.2, 0.25) is 5.02 Å². The highest BCUT2D eigenvalue weighted by Gasteiger charge is 2.21. The predicted molar refractivity (Wildman–Crippen MR) is 69.6 cm³/mol. The minimum Gasteiger partial charge on any atom is -0.334 e. The Labute approximate surface area is 110 Å². The van der Waals surface area contributed by atoms with Gasteiger partial charge in [0.15, 0.2) is 5.82 Å². The first kappa shape index (κ1) is 11.7. The molecule has 1 fully saturated rings. The summed E-state index contributed by atoms with van der Waals surface area (Å²) in [6.07, 6.45) is 2.13. The van der Waals surface area contributed by atoms with Gasteiger partial charge in [0.05, 0.1) is 0 Å². The van der Waals surface area contributed by atoms with E-state index < -0.39 is 0 Å². The van der Waals surface area contributed by atoms with Gasteiger partial charge in [0.1, 0.15) is 0 Å². The molecule has 1 N–H and O–H groups in total. The third-order valence-electron chi connectivity index (χ3n) is 3.22. The molecule has 0 atom stereocenters. The van der Waals surface area contributed by atoms with Crippen LogP contribution < -0.4 is 5.32 Å². The van der Waals surface area contributed by atoms with Gasteiger partial charge in [-0.15, -0.1) is 0 Å². The fraction of sp³-hybridized carbons (Fsp3) is 0.385. The van der Waals surface area contributed by atoms with Crippen molar-refractivity contribution in [1.82, 2.24) is 15.5 Å². The van der Waals surface area contributed by atoms with Crippen LogP contribution in [0.4, 0.5) is 0 Å². The molecule has 0 bridgehead atoms. The molecule has 1 saturated heterocycles. The van der Waals surface area contributed by atoms with Crippen molar-refractivity contribution in [3.63, 3.8) is 0 Å². The first-order chi connectivity index (χ1) is 8.83. The van der Waals surface area contributed by atoms with Crippen LogP contribution in [0, 0.1) is 0 Å². The van der Waals surface area contributed by atoms with Gasteiger partial charge in [-0.3, -0.25) is 0 Å². The van der Waals surface area contributed by atoms with Crippen LogP contribution in [0.25, 0.3) is 11.5 Å². The highest BCUT2D eigenvalue weighted by Crippen LogP contribution is 2.26. The smallest absolute Gasteiger partial charge is 0.257 e. The standard InChI is InChI=1S/C13H14ClN3O/c14-11-3-1-2-10(8-11)13-16-12(17-18-13)9-4-6-15-7-5-9/h1-3,8-9,15H,4-7H2. The van der Waals surface area contributed by atoms with Gasteiger partial charge in [0.25, 0.3) is 5.89 Å². The molecule has 2 aromatic rings. The molecule has 18 heavy (non-hydrogen) atoms. The summed E-state index contributed by atoms with van der Waals surface area (Å²) in [5.74, 6) is 1.76. The topological polar surface area (TPSA) is 51.0 Å². The Bertz CT molecular complexity index is 535. The Hall–Kier alpha value is -1.39. The SMILES string of the molecule is Clc1cccc(-c2nc(C3CCNCC3)no2)c1. The molecule has 0 aliphatic carbocycles. The number of benzene rings is 1. The van der Waals surface area contributed by atoms with Crippen molar-refractivity contribution in [3.8, 4) is 11.5 Å². The second kappa shape index (κ2) is 5.08. The fourth-order valence-electron chi connectivity index (χ4n) is 2.22. The molecule has 1 aromatic carbocycles. The zero-order valence-corrected chi connectivity index (χ0v) is 10.7. The van der Waals surface area contributed by atoms with E-state index in [1.54, 1.807) is 0 Å². The summed E-state index contributed by atoms with van der Waals surface area (Å²) in [6, 6.07) is 7.47. The molecular weight excluding hydrogens is 250 g/mol. The van der Waals surface area contributed by atoms with Gasteiger partial charge in [-0.2, -0.15) is 4.98 Å². The molecule has 0 radical (unpaired) electrons. The van der Waals surface area contributed by atoms with Crippen LogP contribution in [-0.2, 0) is 0 Å². The van der Waals surface area contributed by atoms with Crippen molar-refractivity contribution in [3.05, 3.63) is 35.1 Å². The lowest BCUT2D eigenvalue weighted by Crippen LogP contribution is -2.27. The average molecular weight is 264 g/mol. The molecule has 94 valence electrons. The molecule has 5 heteroatoms.